The van der Waals surface area contributed by atoms with Crippen molar-refractivity contribution in [1.29, 1.82) is 0 Å². The maximum absolute atomic E-state index is 12.6. The Morgan fingerprint density at radius 2 is 2.04 bits per heavy atom. The van der Waals surface area contributed by atoms with E-state index in [0.717, 1.165) is 48.8 Å². The van der Waals surface area contributed by atoms with Gasteiger partial charge in [0, 0.05) is 19.4 Å². The molecule has 0 unspecified atom stereocenters. The monoisotopic (exact) mass is 350 g/mol. The van der Waals surface area contributed by atoms with Crippen LogP contribution < -0.4 is 5.32 Å². The SMILES string of the molecule is O=C(C[C@@H](c1ccccc1)c1ccco1)NCc1nnc2n1CCCC2. The molecule has 0 radical (unpaired) electrons. The molecule has 134 valence electrons. The summed E-state index contributed by atoms with van der Waals surface area (Å²) in [6, 6.07) is 13.7. The van der Waals surface area contributed by atoms with Gasteiger partial charge in [-0.3, -0.25) is 4.79 Å². The quantitative estimate of drug-likeness (QED) is 0.742. The van der Waals surface area contributed by atoms with Crippen molar-refractivity contribution in [1.82, 2.24) is 20.1 Å². The highest BCUT2D eigenvalue weighted by atomic mass is 16.3. The third kappa shape index (κ3) is 3.54. The zero-order chi connectivity index (χ0) is 17.8. The third-order valence-electron chi connectivity index (χ3n) is 4.86. The number of carbonyl (C=O) groups excluding carboxylic acids is 1. The lowest BCUT2D eigenvalue weighted by Gasteiger charge is -2.16. The Kier molecular flexibility index (Phi) is 4.82. The number of nitrogens with one attached hydrogen (secondary N) is 1. The van der Waals surface area contributed by atoms with Crippen molar-refractivity contribution in [3.63, 3.8) is 0 Å². The van der Waals surface area contributed by atoms with Gasteiger partial charge in [-0.15, -0.1) is 10.2 Å². The minimum Gasteiger partial charge on any atom is -0.469 e. The Hall–Kier alpha value is -2.89. The number of rotatable bonds is 6. The van der Waals surface area contributed by atoms with Gasteiger partial charge < -0.3 is 14.3 Å². The first-order chi connectivity index (χ1) is 12.8. The number of carbonyl (C=O) groups is 1. The van der Waals surface area contributed by atoms with Gasteiger partial charge in [0.15, 0.2) is 5.82 Å². The van der Waals surface area contributed by atoms with Crippen LogP contribution in [0.1, 0.15) is 48.2 Å². The summed E-state index contributed by atoms with van der Waals surface area (Å²) in [5.74, 6) is 2.54. The zero-order valence-corrected chi connectivity index (χ0v) is 14.6. The number of benzene rings is 1. The second kappa shape index (κ2) is 7.56. The first-order valence-electron chi connectivity index (χ1n) is 9.07. The van der Waals surface area contributed by atoms with Crippen LogP contribution in [-0.2, 0) is 24.3 Å². The normalized spacial score (nSPS) is 14.6. The fourth-order valence-electron chi connectivity index (χ4n) is 3.49. The largest absolute Gasteiger partial charge is 0.469 e. The average molecular weight is 350 g/mol. The molecule has 26 heavy (non-hydrogen) atoms. The molecule has 6 heteroatoms. The summed E-state index contributed by atoms with van der Waals surface area (Å²) >= 11 is 0. The number of aromatic nitrogens is 3. The molecular weight excluding hydrogens is 328 g/mol. The van der Waals surface area contributed by atoms with E-state index in [9.17, 15) is 4.79 Å². The number of aryl methyl sites for hydroxylation is 1. The van der Waals surface area contributed by atoms with Gasteiger partial charge in [-0.2, -0.15) is 0 Å². The van der Waals surface area contributed by atoms with E-state index in [0.29, 0.717) is 13.0 Å². The predicted molar refractivity (Wildman–Crippen MR) is 96.4 cm³/mol. The third-order valence-corrected chi connectivity index (χ3v) is 4.86. The van der Waals surface area contributed by atoms with Crippen LogP contribution >= 0.6 is 0 Å². The van der Waals surface area contributed by atoms with Gasteiger partial charge in [-0.1, -0.05) is 30.3 Å². The van der Waals surface area contributed by atoms with Crippen LogP contribution in [0, 0.1) is 0 Å². The lowest BCUT2D eigenvalue weighted by atomic mass is 9.93. The van der Waals surface area contributed by atoms with Gasteiger partial charge >= 0.3 is 0 Å². The van der Waals surface area contributed by atoms with Crippen molar-refractivity contribution in [2.24, 2.45) is 0 Å². The highest BCUT2D eigenvalue weighted by Crippen LogP contribution is 2.28. The number of furan rings is 1. The molecule has 1 atom stereocenters. The Bertz CT molecular complexity index is 855. The van der Waals surface area contributed by atoms with Gasteiger partial charge in [0.05, 0.1) is 18.7 Å². The van der Waals surface area contributed by atoms with E-state index in [1.807, 2.05) is 42.5 Å². The number of hydrogen-bond acceptors (Lipinski definition) is 4. The fraction of sp³-hybridized carbons (Fsp3) is 0.350. The van der Waals surface area contributed by atoms with E-state index < -0.39 is 0 Å². The van der Waals surface area contributed by atoms with Crippen molar-refractivity contribution in [2.75, 3.05) is 0 Å². The minimum absolute atomic E-state index is 0.0246. The molecule has 0 saturated heterocycles. The Morgan fingerprint density at radius 1 is 1.15 bits per heavy atom. The van der Waals surface area contributed by atoms with Gasteiger partial charge in [0.25, 0.3) is 0 Å². The van der Waals surface area contributed by atoms with Crippen LogP contribution in [0.5, 0.6) is 0 Å². The molecule has 6 nitrogen and oxygen atoms in total. The van der Waals surface area contributed by atoms with Crippen molar-refractivity contribution >= 4 is 5.91 Å². The highest BCUT2D eigenvalue weighted by molar-refractivity contribution is 5.77. The lowest BCUT2D eigenvalue weighted by Crippen LogP contribution is -2.27. The molecule has 0 aliphatic carbocycles. The molecule has 1 amide bonds. The second-order valence-electron chi connectivity index (χ2n) is 6.60. The van der Waals surface area contributed by atoms with Gasteiger partial charge in [-0.25, -0.2) is 0 Å². The van der Waals surface area contributed by atoms with Gasteiger partial charge in [0.2, 0.25) is 5.91 Å². The molecule has 0 bridgehead atoms. The van der Waals surface area contributed by atoms with E-state index in [-0.39, 0.29) is 11.8 Å². The van der Waals surface area contributed by atoms with Crippen molar-refractivity contribution in [2.45, 2.75) is 44.7 Å². The molecule has 3 aromatic rings. The van der Waals surface area contributed by atoms with E-state index in [1.165, 1.54) is 0 Å². The number of amides is 1. The fourth-order valence-corrected chi connectivity index (χ4v) is 3.49. The van der Waals surface area contributed by atoms with Crippen LogP contribution in [0.3, 0.4) is 0 Å². The summed E-state index contributed by atoms with van der Waals surface area (Å²) in [4.78, 5) is 12.6. The first kappa shape index (κ1) is 16.6. The number of nitrogens with zero attached hydrogens (tertiary/aromatic N) is 3. The van der Waals surface area contributed by atoms with Crippen LogP contribution in [0.2, 0.25) is 0 Å². The van der Waals surface area contributed by atoms with Gasteiger partial charge in [-0.05, 0) is 30.5 Å². The molecular formula is C20H22N4O2. The molecule has 1 N–H and O–H groups in total. The van der Waals surface area contributed by atoms with Crippen LogP contribution in [0.4, 0.5) is 0 Å². The standard InChI is InChI=1S/C20H22N4O2/c25-20(21-14-19-23-22-18-10-4-5-11-24(18)19)13-16(17-9-6-12-26-17)15-7-2-1-3-8-15/h1-3,6-9,12,16H,4-5,10-11,13-14H2,(H,21,25)/t16-/m0/s1. The highest BCUT2D eigenvalue weighted by Gasteiger charge is 2.21. The Balaban J connectivity index is 1.43. The summed E-state index contributed by atoms with van der Waals surface area (Å²) in [5, 5.41) is 11.5. The maximum atomic E-state index is 12.6. The summed E-state index contributed by atoms with van der Waals surface area (Å²) in [6.45, 7) is 1.35. The van der Waals surface area contributed by atoms with E-state index in [4.69, 9.17) is 4.42 Å². The predicted octanol–water partition coefficient (Wildman–Crippen LogP) is 3.05. The number of hydrogen-bond donors (Lipinski definition) is 1. The van der Waals surface area contributed by atoms with Crippen LogP contribution in [-0.4, -0.2) is 20.7 Å². The van der Waals surface area contributed by atoms with E-state index >= 15 is 0 Å². The Morgan fingerprint density at radius 3 is 2.85 bits per heavy atom. The molecule has 1 aliphatic rings. The van der Waals surface area contributed by atoms with Crippen LogP contribution in [0.25, 0.3) is 0 Å². The lowest BCUT2D eigenvalue weighted by molar-refractivity contribution is -0.121. The molecule has 0 spiro atoms. The second-order valence-corrected chi connectivity index (χ2v) is 6.60. The smallest absolute Gasteiger partial charge is 0.221 e. The zero-order valence-electron chi connectivity index (χ0n) is 14.6. The van der Waals surface area contributed by atoms with Gasteiger partial charge in [0.1, 0.15) is 11.6 Å². The average Bonchev–Trinajstić information content (AvgIpc) is 3.35. The molecule has 1 aliphatic heterocycles. The van der Waals surface area contributed by atoms with E-state index in [2.05, 4.69) is 20.1 Å². The summed E-state index contributed by atoms with van der Waals surface area (Å²) in [5.41, 5.74) is 1.07. The first-order valence-corrected chi connectivity index (χ1v) is 9.07. The molecule has 4 rings (SSSR count). The van der Waals surface area contributed by atoms with Crippen molar-refractivity contribution < 1.29 is 9.21 Å². The maximum Gasteiger partial charge on any atom is 0.221 e. The van der Waals surface area contributed by atoms with Crippen LogP contribution in [0.15, 0.2) is 53.1 Å². The molecule has 1 aromatic carbocycles. The number of fused-ring (bicyclic) bond motifs is 1. The van der Waals surface area contributed by atoms with Crippen molar-refractivity contribution in [3.05, 3.63) is 71.7 Å². The topological polar surface area (TPSA) is 73.0 Å². The summed E-state index contributed by atoms with van der Waals surface area (Å²) in [7, 11) is 0. The summed E-state index contributed by atoms with van der Waals surface area (Å²) < 4.78 is 7.70. The Labute approximate surface area is 152 Å². The molecule has 0 saturated carbocycles. The van der Waals surface area contributed by atoms with E-state index in [1.54, 1.807) is 6.26 Å². The summed E-state index contributed by atoms with van der Waals surface area (Å²) in [6.07, 6.45) is 5.24. The molecule has 2 aromatic heterocycles. The minimum atomic E-state index is -0.0986. The molecule has 0 fully saturated rings. The van der Waals surface area contributed by atoms with Crippen molar-refractivity contribution in [3.8, 4) is 0 Å². The molecule has 3 heterocycles.